The quantitative estimate of drug-likeness (QED) is 0.654. The molecule has 6 heteroatoms. The van der Waals surface area contributed by atoms with Crippen molar-refractivity contribution in [2.24, 2.45) is 5.92 Å². The van der Waals surface area contributed by atoms with Crippen LogP contribution in [0.3, 0.4) is 0 Å². The van der Waals surface area contributed by atoms with E-state index in [9.17, 15) is 8.42 Å². The number of hydrogen-bond donors (Lipinski definition) is 2. The van der Waals surface area contributed by atoms with Crippen LogP contribution in [0.2, 0.25) is 0 Å². The zero-order chi connectivity index (χ0) is 12.8. The van der Waals surface area contributed by atoms with Gasteiger partial charge in [0.15, 0.2) is 0 Å². The van der Waals surface area contributed by atoms with Crippen molar-refractivity contribution in [3.63, 3.8) is 0 Å². The van der Waals surface area contributed by atoms with Gasteiger partial charge in [-0.25, -0.2) is 13.1 Å². The van der Waals surface area contributed by atoms with Crippen LogP contribution in [-0.4, -0.2) is 44.6 Å². The molecule has 1 atom stereocenters. The molecule has 2 N–H and O–H groups in total. The molecule has 0 amide bonds. The lowest BCUT2D eigenvalue weighted by Gasteiger charge is -2.19. The molecule has 16 heavy (non-hydrogen) atoms. The SMILES string of the molecule is CC(C)OCCS(=O)(=O)N[C@H](CO)C(C)C. The molecule has 0 saturated heterocycles. The number of rotatable bonds is 8. The van der Waals surface area contributed by atoms with Gasteiger partial charge in [0.05, 0.1) is 25.1 Å². The molecular formula is C10H23NO4S. The van der Waals surface area contributed by atoms with Crippen molar-refractivity contribution < 1.29 is 18.3 Å². The van der Waals surface area contributed by atoms with Crippen LogP contribution in [0.15, 0.2) is 0 Å². The van der Waals surface area contributed by atoms with Crippen molar-refractivity contribution in [3.8, 4) is 0 Å². The fourth-order valence-electron chi connectivity index (χ4n) is 1.07. The molecule has 5 nitrogen and oxygen atoms in total. The van der Waals surface area contributed by atoms with Crippen molar-refractivity contribution in [2.75, 3.05) is 19.0 Å². The maximum Gasteiger partial charge on any atom is 0.214 e. The van der Waals surface area contributed by atoms with Crippen molar-refractivity contribution in [1.82, 2.24) is 4.72 Å². The summed E-state index contributed by atoms with van der Waals surface area (Å²) in [5.74, 6) is -0.0141. The van der Waals surface area contributed by atoms with Gasteiger partial charge in [-0.1, -0.05) is 13.8 Å². The van der Waals surface area contributed by atoms with Gasteiger partial charge in [-0.3, -0.25) is 0 Å². The molecule has 0 aliphatic rings. The maximum absolute atomic E-state index is 11.6. The predicted molar refractivity (Wildman–Crippen MR) is 63.7 cm³/mol. The molecule has 0 bridgehead atoms. The summed E-state index contributed by atoms with van der Waals surface area (Å²) in [5.41, 5.74) is 0. The van der Waals surface area contributed by atoms with Gasteiger partial charge < -0.3 is 9.84 Å². The molecule has 0 aromatic rings. The number of aliphatic hydroxyl groups is 1. The van der Waals surface area contributed by atoms with Crippen LogP contribution in [0.1, 0.15) is 27.7 Å². The predicted octanol–water partition coefficient (Wildman–Crippen LogP) is 0.348. The molecule has 0 aliphatic carbocycles. The zero-order valence-electron chi connectivity index (χ0n) is 10.4. The number of hydrogen-bond acceptors (Lipinski definition) is 4. The van der Waals surface area contributed by atoms with Crippen LogP contribution in [0.5, 0.6) is 0 Å². The number of aliphatic hydroxyl groups excluding tert-OH is 1. The molecule has 98 valence electrons. The molecule has 0 aliphatic heterocycles. The fourth-order valence-corrected chi connectivity index (χ4v) is 2.31. The average Bonchev–Trinajstić information content (AvgIpc) is 2.12. The minimum Gasteiger partial charge on any atom is -0.395 e. The Labute approximate surface area is 98.2 Å². The van der Waals surface area contributed by atoms with Crippen LogP contribution >= 0.6 is 0 Å². The number of sulfonamides is 1. The van der Waals surface area contributed by atoms with Gasteiger partial charge in [-0.2, -0.15) is 0 Å². The monoisotopic (exact) mass is 253 g/mol. The Bertz CT molecular complexity index is 275. The Kier molecular flexibility index (Phi) is 7.14. The van der Waals surface area contributed by atoms with Crippen molar-refractivity contribution >= 4 is 10.0 Å². The Morgan fingerprint density at radius 2 is 1.81 bits per heavy atom. The van der Waals surface area contributed by atoms with Crippen molar-refractivity contribution in [2.45, 2.75) is 39.8 Å². The van der Waals surface area contributed by atoms with E-state index in [0.717, 1.165) is 0 Å². The molecular weight excluding hydrogens is 230 g/mol. The van der Waals surface area contributed by atoms with Crippen molar-refractivity contribution in [1.29, 1.82) is 0 Å². The minimum absolute atomic E-state index is 0.0222. The zero-order valence-corrected chi connectivity index (χ0v) is 11.3. The van der Waals surface area contributed by atoms with E-state index in [1.807, 2.05) is 27.7 Å². The summed E-state index contributed by atoms with van der Waals surface area (Å²) >= 11 is 0. The molecule has 0 spiro atoms. The largest absolute Gasteiger partial charge is 0.395 e. The summed E-state index contributed by atoms with van der Waals surface area (Å²) in [4.78, 5) is 0. The molecule has 0 rings (SSSR count). The summed E-state index contributed by atoms with van der Waals surface area (Å²) in [6, 6.07) is -0.427. The first-order valence-corrected chi connectivity index (χ1v) is 7.16. The molecule has 0 fully saturated rings. The van der Waals surface area contributed by atoms with Gasteiger partial charge in [0.2, 0.25) is 10.0 Å². The average molecular weight is 253 g/mol. The van der Waals surface area contributed by atoms with Crippen LogP contribution < -0.4 is 4.72 Å². The second-order valence-electron chi connectivity index (χ2n) is 4.39. The third-order valence-corrected chi connectivity index (χ3v) is 3.50. The number of ether oxygens (including phenoxy) is 1. The summed E-state index contributed by atoms with van der Waals surface area (Å²) in [7, 11) is -3.37. The second kappa shape index (κ2) is 7.21. The number of nitrogens with one attached hydrogen (secondary N) is 1. The van der Waals surface area contributed by atoms with E-state index in [1.54, 1.807) is 0 Å². The van der Waals surface area contributed by atoms with Crippen LogP contribution in [0.4, 0.5) is 0 Å². The molecule has 0 unspecified atom stereocenters. The van der Waals surface area contributed by atoms with E-state index in [2.05, 4.69) is 4.72 Å². The van der Waals surface area contributed by atoms with Gasteiger partial charge in [0.25, 0.3) is 0 Å². The minimum atomic E-state index is -3.37. The van der Waals surface area contributed by atoms with E-state index in [0.29, 0.717) is 0 Å². The first-order chi connectivity index (χ1) is 7.28. The summed E-state index contributed by atoms with van der Waals surface area (Å²) in [5, 5.41) is 9.02. The molecule has 0 saturated carbocycles. The highest BCUT2D eigenvalue weighted by Gasteiger charge is 2.19. The lowest BCUT2D eigenvalue weighted by Crippen LogP contribution is -2.42. The molecule has 0 aromatic carbocycles. The van der Waals surface area contributed by atoms with E-state index in [4.69, 9.17) is 9.84 Å². The Morgan fingerprint density at radius 1 is 1.25 bits per heavy atom. The topological polar surface area (TPSA) is 75.6 Å². The highest BCUT2D eigenvalue weighted by Crippen LogP contribution is 2.02. The Hall–Kier alpha value is -0.170. The Balaban J connectivity index is 4.13. The third kappa shape index (κ3) is 7.16. The second-order valence-corrected chi connectivity index (χ2v) is 6.26. The van der Waals surface area contributed by atoms with Gasteiger partial charge in [-0.15, -0.1) is 0 Å². The standard InChI is InChI=1S/C10H23NO4S/c1-8(2)10(7-12)11-16(13,14)6-5-15-9(3)4/h8-12H,5-7H2,1-4H3/t10-/m1/s1. The summed E-state index contributed by atoms with van der Waals surface area (Å²) in [6.45, 7) is 7.39. The highest BCUT2D eigenvalue weighted by molar-refractivity contribution is 7.89. The van der Waals surface area contributed by atoms with Gasteiger partial charge >= 0.3 is 0 Å². The van der Waals surface area contributed by atoms with E-state index in [-0.39, 0.29) is 31.0 Å². The normalized spacial score (nSPS) is 14.7. The fraction of sp³-hybridized carbons (Fsp3) is 1.00. The van der Waals surface area contributed by atoms with Gasteiger partial charge in [-0.05, 0) is 19.8 Å². The highest BCUT2D eigenvalue weighted by atomic mass is 32.2. The van der Waals surface area contributed by atoms with E-state index in [1.165, 1.54) is 0 Å². The summed E-state index contributed by atoms with van der Waals surface area (Å²) in [6.07, 6.45) is 0.0222. The Morgan fingerprint density at radius 3 is 2.19 bits per heavy atom. The van der Waals surface area contributed by atoms with E-state index >= 15 is 0 Å². The van der Waals surface area contributed by atoms with E-state index < -0.39 is 16.1 Å². The lowest BCUT2D eigenvalue weighted by molar-refractivity contribution is 0.0910. The van der Waals surface area contributed by atoms with Crippen LogP contribution in [0, 0.1) is 5.92 Å². The maximum atomic E-state index is 11.6. The molecule has 0 radical (unpaired) electrons. The smallest absolute Gasteiger partial charge is 0.214 e. The molecule has 0 aromatic heterocycles. The van der Waals surface area contributed by atoms with Gasteiger partial charge in [0, 0.05) is 6.04 Å². The molecule has 0 heterocycles. The van der Waals surface area contributed by atoms with Gasteiger partial charge in [0.1, 0.15) is 0 Å². The summed E-state index contributed by atoms with van der Waals surface area (Å²) < 4.78 is 30.8. The third-order valence-electron chi connectivity index (χ3n) is 2.14. The van der Waals surface area contributed by atoms with Crippen LogP contribution in [-0.2, 0) is 14.8 Å². The first-order valence-electron chi connectivity index (χ1n) is 5.51. The lowest BCUT2D eigenvalue weighted by atomic mass is 10.1. The van der Waals surface area contributed by atoms with Crippen LogP contribution in [0.25, 0.3) is 0 Å². The first kappa shape index (κ1) is 15.8. The van der Waals surface area contributed by atoms with Crippen molar-refractivity contribution in [3.05, 3.63) is 0 Å².